The number of carbonyl (C=O) groups is 3. The van der Waals surface area contributed by atoms with Crippen molar-refractivity contribution in [2.45, 2.75) is 27.7 Å². The molecule has 1 aromatic carbocycles. The van der Waals surface area contributed by atoms with Gasteiger partial charge in [0.15, 0.2) is 0 Å². The third kappa shape index (κ3) is 3.62. The Balaban J connectivity index is 1.95. The molecule has 1 aliphatic heterocycles. The van der Waals surface area contributed by atoms with Crippen molar-refractivity contribution in [1.29, 1.82) is 0 Å². The Bertz CT molecular complexity index is 1020. The van der Waals surface area contributed by atoms with E-state index in [1.807, 2.05) is 19.9 Å². The molecule has 146 valence electrons. The van der Waals surface area contributed by atoms with Crippen LogP contribution in [0.25, 0.3) is 11.8 Å². The van der Waals surface area contributed by atoms with Gasteiger partial charge in [0.25, 0.3) is 11.1 Å². The summed E-state index contributed by atoms with van der Waals surface area (Å²) in [5, 5.41) is -0.468. The summed E-state index contributed by atoms with van der Waals surface area (Å²) in [5.41, 5.74) is 6.35. The summed E-state index contributed by atoms with van der Waals surface area (Å²) in [6.45, 7) is 7.75. The number of hydrogen-bond acceptors (Lipinski definition) is 5. The van der Waals surface area contributed by atoms with E-state index in [1.165, 1.54) is 18.2 Å². The first-order valence-electron chi connectivity index (χ1n) is 8.81. The van der Waals surface area contributed by atoms with Gasteiger partial charge in [-0.2, -0.15) is 0 Å². The number of esters is 1. The topological polar surface area (TPSA) is 68.6 Å². The zero-order valence-electron chi connectivity index (χ0n) is 16.5. The normalized spacial score (nSPS) is 15.6. The van der Waals surface area contributed by atoms with Crippen LogP contribution in [-0.2, 0) is 14.3 Å². The highest BCUT2D eigenvalue weighted by Crippen LogP contribution is 2.33. The van der Waals surface area contributed by atoms with Crippen LogP contribution in [0.15, 0.2) is 29.2 Å². The second kappa shape index (κ2) is 7.67. The number of amides is 2. The molecule has 1 aromatic heterocycles. The summed E-state index contributed by atoms with van der Waals surface area (Å²) in [7, 11) is 1.22. The van der Waals surface area contributed by atoms with Crippen molar-refractivity contribution in [3.8, 4) is 5.69 Å². The Morgan fingerprint density at radius 3 is 2.46 bits per heavy atom. The molecule has 0 N–H and O–H groups in total. The van der Waals surface area contributed by atoms with Crippen LogP contribution in [0.3, 0.4) is 0 Å². The monoisotopic (exact) mass is 398 g/mol. The number of rotatable bonds is 4. The van der Waals surface area contributed by atoms with Crippen molar-refractivity contribution >= 4 is 35.0 Å². The standard InChI is InChI=1S/C21H22N2O4S/c1-12-6-7-17(8-13(12)2)23-14(3)9-16(15(23)4)10-18-20(25)22(21(26)28-18)11-19(24)27-5/h6-10H,11H2,1-5H3/b18-10-. The van der Waals surface area contributed by atoms with Gasteiger partial charge in [-0.25, -0.2) is 0 Å². The van der Waals surface area contributed by atoms with Gasteiger partial charge in [-0.05, 0) is 80.4 Å². The summed E-state index contributed by atoms with van der Waals surface area (Å²) in [5.74, 6) is -1.10. The second-order valence-corrected chi connectivity index (χ2v) is 7.77. The molecule has 1 saturated heterocycles. The molecule has 2 heterocycles. The highest BCUT2D eigenvalue weighted by Gasteiger charge is 2.36. The predicted octanol–water partition coefficient (Wildman–Crippen LogP) is 3.92. The van der Waals surface area contributed by atoms with Crippen molar-refractivity contribution in [2.75, 3.05) is 13.7 Å². The van der Waals surface area contributed by atoms with Gasteiger partial charge in [0.2, 0.25) is 0 Å². The number of imide groups is 1. The fraction of sp³-hybridized carbons (Fsp3) is 0.286. The van der Waals surface area contributed by atoms with Crippen LogP contribution in [0.1, 0.15) is 28.1 Å². The molecule has 2 amide bonds. The van der Waals surface area contributed by atoms with E-state index in [9.17, 15) is 14.4 Å². The van der Waals surface area contributed by atoms with E-state index in [0.717, 1.165) is 39.3 Å². The van der Waals surface area contributed by atoms with Gasteiger partial charge < -0.3 is 9.30 Å². The van der Waals surface area contributed by atoms with Crippen molar-refractivity contribution in [1.82, 2.24) is 9.47 Å². The van der Waals surface area contributed by atoms with Gasteiger partial charge in [0.05, 0.1) is 12.0 Å². The lowest BCUT2D eigenvalue weighted by atomic mass is 10.1. The average molecular weight is 398 g/mol. The predicted molar refractivity (Wildman–Crippen MR) is 109 cm³/mol. The number of ether oxygens (including phenoxy) is 1. The Morgan fingerprint density at radius 2 is 1.82 bits per heavy atom. The Hall–Kier alpha value is -2.80. The average Bonchev–Trinajstić information content (AvgIpc) is 3.07. The van der Waals surface area contributed by atoms with E-state index in [4.69, 9.17) is 0 Å². The lowest BCUT2D eigenvalue weighted by molar-refractivity contribution is -0.143. The maximum absolute atomic E-state index is 12.5. The number of hydrogen-bond donors (Lipinski definition) is 0. The van der Waals surface area contributed by atoms with Gasteiger partial charge >= 0.3 is 5.97 Å². The summed E-state index contributed by atoms with van der Waals surface area (Å²) >= 11 is 0.835. The first kappa shape index (κ1) is 19.9. The van der Waals surface area contributed by atoms with Gasteiger partial charge in [-0.1, -0.05) is 6.07 Å². The van der Waals surface area contributed by atoms with E-state index in [2.05, 4.69) is 41.4 Å². The zero-order chi connectivity index (χ0) is 20.6. The quantitative estimate of drug-likeness (QED) is 0.577. The number of nitrogens with zero attached hydrogens (tertiary/aromatic N) is 2. The first-order chi connectivity index (χ1) is 13.2. The molecule has 0 aliphatic carbocycles. The fourth-order valence-electron chi connectivity index (χ4n) is 3.17. The maximum atomic E-state index is 12.5. The number of carbonyl (C=O) groups excluding carboxylic acids is 3. The van der Waals surface area contributed by atoms with E-state index < -0.39 is 17.1 Å². The molecule has 1 fully saturated rings. The van der Waals surface area contributed by atoms with Crippen LogP contribution in [0.5, 0.6) is 0 Å². The van der Waals surface area contributed by atoms with Gasteiger partial charge in [-0.3, -0.25) is 19.3 Å². The van der Waals surface area contributed by atoms with Gasteiger partial charge in [-0.15, -0.1) is 0 Å². The molecular weight excluding hydrogens is 376 g/mol. The first-order valence-corrected chi connectivity index (χ1v) is 9.63. The summed E-state index contributed by atoms with van der Waals surface area (Å²) in [6, 6.07) is 8.26. The van der Waals surface area contributed by atoms with Gasteiger partial charge in [0.1, 0.15) is 6.54 Å². The largest absolute Gasteiger partial charge is 0.468 e. The molecule has 7 heteroatoms. The van der Waals surface area contributed by atoms with E-state index >= 15 is 0 Å². The molecule has 0 radical (unpaired) electrons. The number of thioether (sulfide) groups is 1. The van der Waals surface area contributed by atoms with Crippen LogP contribution < -0.4 is 0 Å². The molecule has 0 bridgehead atoms. The van der Waals surface area contributed by atoms with Crippen LogP contribution in [0.2, 0.25) is 0 Å². The third-order valence-corrected chi connectivity index (χ3v) is 5.80. The fourth-order valence-corrected chi connectivity index (χ4v) is 4.00. The maximum Gasteiger partial charge on any atom is 0.325 e. The minimum atomic E-state index is -0.628. The van der Waals surface area contributed by atoms with Crippen molar-refractivity contribution < 1.29 is 19.1 Å². The number of benzene rings is 1. The Morgan fingerprint density at radius 1 is 1.11 bits per heavy atom. The zero-order valence-corrected chi connectivity index (χ0v) is 17.3. The van der Waals surface area contributed by atoms with Crippen LogP contribution in [-0.4, -0.2) is 40.2 Å². The summed E-state index contributed by atoms with van der Waals surface area (Å²) in [6.07, 6.45) is 1.71. The number of methoxy groups -OCH3 is 1. The van der Waals surface area contributed by atoms with Crippen LogP contribution in [0.4, 0.5) is 4.79 Å². The van der Waals surface area contributed by atoms with Crippen LogP contribution in [0, 0.1) is 27.7 Å². The van der Waals surface area contributed by atoms with Crippen molar-refractivity contribution in [3.63, 3.8) is 0 Å². The van der Waals surface area contributed by atoms with Crippen LogP contribution >= 0.6 is 11.8 Å². The lowest BCUT2D eigenvalue weighted by Gasteiger charge is -2.12. The molecule has 3 rings (SSSR count). The summed E-state index contributed by atoms with van der Waals surface area (Å²) < 4.78 is 6.67. The highest BCUT2D eigenvalue weighted by molar-refractivity contribution is 8.18. The minimum absolute atomic E-state index is 0.300. The highest BCUT2D eigenvalue weighted by atomic mass is 32.2. The molecule has 1 aliphatic rings. The molecule has 0 saturated carbocycles. The van der Waals surface area contributed by atoms with E-state index in [-0.39, 0.29) is 6.54 Å². The lowest BCUT2D eigenvalue weighted by Crippen LogP contribution is -2.34. The van der Waals surface area contributed by atoms with Crippen molar-refractivity contribution in [3.05, 3.63) is 57.2 Å². The molecule has 0 unspecified atom stereocenters. The van der Waals surface area contributed by atoms with E-state index in [0.29, 0.717) is 4.91 Å². The second-order valence-electron chi connectivity index (χ2n) is 6.77. The Labute approximate surface area is 168 Å². The third-order valence-electron chi connectivity index (χ3n) is 4.89. The molecule has 0 spiro atoms. The summed E-state index contributed by atoms with van der Waals surface area (Å²) in [4.78, 5) is 37.3. The molecular formula is C21H22N2O4S. The molecule has 6 nitrogen and oxygen atoms in total. The SMILES string of the molecule is COC(=O)CN1C(=O)S/C(=C\c2cc(C)n(-c3ccc(C)c(C)c3)c2C)C1=O. The van der Waals surface area contributed by atoms with Crippen molar-refractivity contribution in [2.24, 2.45) is 0 Å². The smallest absolute Gasteiger partial charge is 0.325 e. The van der Waals surface area contributed by atoms with Gasteiger partial charge in [0, 0.05) is 17.1 Å². The number of aryl methyl sites for hydroxylation is 3. The van der Waals surface area contributed by atoms with E-state index in [1.54, 1.807) is 6.08 Å². The Kier molecular flexibility index (Phi) is 5.47. The number of aromatic nitrogens is 1. The molecule has 2 aromatic rings. The molecule has 28 heavy (non-hydrogen) atoms. The molecule has 0 atom stereocenters. The minimum Gasteiger partial charge on any atom is -0.468 e.